The van der Waals surface area contributed by atoms with E-state index in [1.54, 1.807) is 10.7 Å². The van der Waals surface area contributed by atoms with Crippen molar-refractivity contribution in [1.29, 1.82) is 0 Å². The predicted molar refractivity (Wildman–Crippen MR) is 79.1 cm³/mol. The van der Waals surface area contributed by atoms with Crippen LogP contribution in [0.4, 0.5) is 0 Å². The highest BCUT2D eigenvalue weighted by atomic mass is 16.5. The summed E-state index contributed by atoms with van der Waals surface area (Å²) in [4.78, 5) is 12.4. The predicted octanol–water partition coefficient (Wildman–Crippen LogP) is 2.73. The number of nitrogens with one attached hydrogen (secondary N) is 1. The van der Waals surface area contributed by atoms with Crippen molar-refractivity contribution in [3.63, 3.8) is 0 Å². The summed E-state index contributed by atoms with van der Waals surface area (Å²) in [5.41, 5.74) is 1.51. The van der Waals surface area contributed by atoms with Gasteiger partial charge in [0.25, 0.3) is 5.91 Å². The molecule has 0 atom stereocenters. The average Bonchev–Trinajstić information content (AvgIpc) is 2.96. The second-order valence-electron chi connectivity index (χ2n) is 6.05. The Hall–Kier alpha value is -2.11. The molecular formula is C15H22N4O2. The second-order valence-corrected chi connectivity index (χ2v) is 6.05. The number of carbonyl (C=O) groups excluding carboxylic acids is 1. The van der Waals surface area contributed by atoms with Gasteiger partial charge in [0.2, 0.25) is 0 Å². The van der Waals surface area contributed by atoms with Crippen molar-refractivity contribution in [3.05, 3.63) is 35.0 Å². The topological polar surface area (TPSA) is 73.0 Å². The third-order valence-electron chi connectivity index (χ3n) is 3.45. The van der Waals surface area contributed by atoms with Crippen LogP contribution in [0.5, 0.6) is 0 Å². The fraction of sp³-hybridized carbons (Fsp3) is 0.533. The Morgan fingerprint density at radius 1 is 1.38 bits per heavy atom. The first-order valence-corrected chi connectivity index (χ1v) is 7.03. The number of nitrogens with zero attached hydrogens (tertiary/aromatic N) is 3. The molecule has 2 aromatic heterocycles. The molecule has 0 fully saturated rings. The lowest BCUT2D eigenvalue weighted by Crippen LogP contribution is -2.41. The lowest BCUT2D eigenvalue weighted by Gasteiger charge is -2.25. The number of aryl methyl sites for hydroxylation is 2. The monoisotopic (exact) mass is 290 g/mol. The molecule has 6 nitrogen and oxygen atoms in total. The van der Waals surface area contributed by atoms with Gasteiger partial charge in [0.05, 0.1) is 11.2 Å². The molecule has 0 aromatic carbocycles. The summed E-state index contributed by atoms with van der Waals surface area (Å²) >= 11 is 0. The van der Waals surface area contributed by atoms with Crippen molar-refractivity contribution in [3.8, 4) is 0 Å². The number of hydrogen-bond donors (Lipinski definition) is 1. The van der Waals surface area contributed by atoms with E-state index in [2.05, 4.69) is 15.6 Å². The summed E-state index contributed by atoms with van der Waals surface area (Å²) in [6, 6.07) is 1.95. The Kier molecular flexibility index (Phi) is 3.89. The number of rotatable bonds is 4. The van der Waals surface area contributed by atoms with Crippen LogP contribution in [0.15, 0.2) is 16.8 Å². The van der Waals surface area contributed by atoms with E-state index in [9.17, 15) is 4.79 Å². The molecule has 6 heteroatoms. The first-order chi connectivity index (χ1) is 9.72. The molecule has 0 unspecified atom stereocenters. The quantitative estimate of drug-likeness (QED) is 0.939. The van der Waals surface area contributed by atoms with E-state index in [-0.39, 0.29) is 11.9 Å². The molecule has 0 spiro atoms. The van der Waals surface area contributed by atoms with Crippen LogP contribution in [0.2, 0.25) is 0 Å². The van der Waals surface area contributed by atoms with Crippen molar-refractivity contribution in [2.45, 2.75) is 53.1 Å². The Labute approximate surface area is 124 Å². The van der Waals surface area contributed by atoms with E-state index in [4.69, 9.17) is 4.52 Å². The number of amides is 1. The van der Waals surface area contributed by atoms with Gasteiger partial charge in [-0.25, -0.2) is 0 Å². The third-order valence-corrected chi connectivity index (χ3v) is 3.45. The summed E-state index contributed by atoms with van der Waals surface area (Å²) < 4.78 is 6.95. The zero-order valence-corrected chi connectivity index (χ0v) is 13.4. The summed E-state index contributed by atoms with van der Waals surface area (Å²) in [5, 5.41) is 11.2. The average molecular weight is 290 g/mol. The highest BCUT2D eigenvalue weighted by molar-refractivity contribution is 5.92. The Bertz CT molecular complexity index is 633. The van der Waals surface area contributed by atoms with Crippen LogP contribution in [-0.2, 0) is 5.54 Å². The minimum atomic E-state index is -0.577. The van der Waals surface area contributed by atoms with E-state index in [0.717, 1.165) is 11.3 Å². The van der Waals surface area contributed by atoms with Gasteiger partial charge >= 0.3 is 0 Å². The van der Waals surface area contributed by atoms with Crippen molar-refractivity contribution in [2.24, 2.45) is 0 Å². The maximum absolute atomic E-state index is 12.4. The lowest BCUT2D eigenvalue weighted by atomic mass is 9.92. The molecule has 2 rings (SSSR count). The molecule has 0 saturated heterocycles. The molecule has 0 aliphatic heterocycles. The minimum absolute atomic E-state index is 0.209. The first-order valence-electron chi connectivity index (χ1n) is 7.03. The second kappa shape index (κ2) is 5.35. The normalized spacial score (nSPS) is 12.0. The van der Waals surface area contributed by atoms with E-state index >= 15 is 0 Å². The zero-order chi connectivity index (χ0) is 15.8. The molecular weight excluding hydrogens is 268 g/mol. The van der Waals surface area contributed by atoms with Gasteiger partial charge in [-0.15, -0.1) is 0 Å². The van der Waals surface area contributed by atoms with Crippen LogP contribution in [0, 0.1) is 13.8 Å². The summed E-state index contributed by atoms with van der Waals surface area (Å²) in [6.45, 7) is 11.6. The van der Waals surface area contributed by atoms with Crippen molar-refractivity contribution in [1.82, 2.24) is 20.3 Å². The van der Waals surface area contributed by atoms with Gasteiger partial charge in [-0.05, 0) is 47.6 Å². The smallest absolute Gasteiger partial charge is 0.272 e. The van der Waals surface area contributed by atoms with Crippen molar-refractivity contribution < 1.29 is 9.32 Å². The van der Waals surface area contributed by atoms with Crippen molar-refractivity contribution in [2.75, 3.05) is 0 Å². The molecule has 0 bridgehead atoms. The molecule has 114 valence electrons. The molecule has 0 aliphatic carbocycles. The summed E-state index contributed by atoms with van der Waals surface area (Å²) in [5.74, 6) is 0.505. The molecule has 1 amide bonds. The van der Waals surface area contributed by atoms with Crippen LogP contribution in [0.3, 0.4) is 0 Å². The van der Waals surface area contributed by atoms with E-state index in [1.165, 1.54) is 0 Å². The highest BCUT2D eigenvalue weighted by Crippen LogP contribution is 2.27. The van der Waals surface area contributed by atoms with Gasteiger partial charge in [-0.1, -0.05) is 5.16 Å². The SMILES string of the molecule is Cc1noc(C)c1C(C)(C)NC(=O)c1ccn(C(C)C)n1. The Morgan fingerprint density at radius 2 is 2.05 bits per heavy atom. The van der Waals surface area contributed by atoms with Crippen LogP contribution in [0.25, 0.3) is 0 Å². The lowest BCUT2D eigenvalue weighted by molar-refractivity contribution is 0.0905. The van der Waals surface area contributed by atoms with Gasteiger partial charge < -0.3 is 9.84 Å². The van der Waals surface area contributed by atoms with Crippen molar-refractivity contribution >= 4 is 5.91 Å². The fourth-order valence-corrected chi connectivity index (χ4v) is 2.53. The first kappa shape index (κ1) is 15.3. The molecule has 1 N–H and O–H groups in total. The van der Waals surface area contributed by atoms with E-state index in [0.29, 0.717) is 11.5 Å². The molecule has 0 radical (unpaired) electrons. The zero-order valence-electron chi connectivity index (χ0n) is 13.4. The molecule has 2 aromatic rings. The molecule has 0 saturated carbocycles. The van der Waals surface area contributed by atoms with Gasteiger partial charge in [0.1, 0.15) is 11.5 Å². The molecule has 21 heavy (non-hydrogen) atoms. The van der Waals surface area contributed by atoms with Crippen LogP contribution in [0.1, 0.15) is 61.2 Å². The van der Waals surface area contributed by atoms with Crippen LogP contribution < -0.4 is 5.32 Å². The largest absolute Gasteiger partial charge is 0.361 e. The van der Waals surface area contributed by atoms with Gasteiger partial charge in [-0.2, -0.15) is 5.10 Å². The minimum Gasteiger partial charge on any atom is -0.361 e. The molecule has 0 aliphatic rings. The van der Waals surface area contributed by atoms with Gasteiger partial charge in [-0.3, -0.25) is 9.48 Å². The van der Waals surface area contributed by atoms with Gasteiger partial charge in [0.15, 0.2) is 0 Å². The van der Waals surface area contributed by atoms with E-state index < -0.39 is 5.54 Å². The van der Waals surface area contributed by atoms with E-state index in [1.807, 2.05) is 47.7 Å². The van der Waals surface area contributed by atoms with Crippen LogP contribution >= 0.6 is 0 Å². The number of aromatic nitrogens is 3. The highest BCUT2D eigenvalue weighted by Gasteiger charge is 2.30. The Balaban J connectivity index is 2.21. The van der Waals surface area contributed by atoms with Crippen LogP contribution in [-0.4, -0.2) is 20.8 Å². The Morgan fingerprint density at radius 3 is 2.52 bits per heavy atom. The standard InChI is InChI=1S/C15H22N4O2/c1-9(2)19-8-7-12(17-19)14(20)16-15(5,6)13-10(3)18-21-11(13)4/h7-9H,1-6H3,(H,16,20). The summed E-state index contributed by atoms with van der Waals surface area (Å²) in [6.07, 6.45) is 1.81. The third kappa shape index (κ3) is 2.99. The van der Waals surface area contributed by atoms with Gasteiger partial charge in [0, 0.05) is 17.8 Å². The maximum atomic E-state index is 12.4. The maximum Gasteiger partial charge on any atom is 0.272 e. The number of carbonyl (C=O) groups is 1. The fourth-order valence-electron chi connectivity index (χ4n) is 2.53. The number of hydrogen-bond acceptors (Lipinski definition) is 4. The summed E-state index contributed by atoms with van der Waals surface area (Å²) in [7, 11) is 0. The molecule has 2 heterocycles.